The van der Waals surface area contributed by atoms with Crippen molar-refractivity contribution in [1.82, 2.24) is 10.2 Å². The van der Waals surface area contributed by atoms with Gasteiger partial charge in [-0.2, -0.15) is 0 Å². The average Bonchev–Trinajstić information content (AvgIpc) is 2.50. The van der Waals surface area contributed by atoms with Crippen molar-refractivity contribution in [2.45, 2.75) is 32.6 Å². The summed E-state index contributed by atoms with van der Waals surface area (Å²) in [6.07, 6.45) is 8.64. The molecule has 1 atom stereocenters. The highest BCUT2D eigenvalue weighted by Crippen LogP contribution is 2.20. The number of hydrogen-bond acceptors (Lipinski definition) is 2. The highest BCUT2D eigenvalue weighted by Gasteiger charge is 2.22. The second-order valence-corrected chi connectivity index (χ2v) is 4.40. The first kappa shape index (κ1) is 13.6. The van der Waals surface area contributed by atoms with Crippen LogP contribution in [0.15, 0.2) is 0 Å². The van der Waals surface area contributed by atoms with Crippen molar-refractivity contribution in [2.75, 3.05) is 19.6 Å². The quantitative estimate of drug-likeness (QED) is 0.733. The van der Waals surface area contributed by atoms with Gasteiger partial charge >= 0.3 is 0 Å². The van der Waals surface area contributed by atoms with Crippen LogP contribution in [0.3, 0.4) is 0 Å². The molecule has 1 N–H and O–H groups in total. The lowest BCUT2D eigenvalue weighted by Crippen LogP contribution is -2.40. The summed E-state index contributed by atoms with van der Waals surface area (Å²) in [5.74, 6) is 2.85. The van der Waals surface area contributed by atoms with Crippen molar-refractivity contribution in [1.29, 1.82) is 0 Å². The Hall–Kier alpha value is -1.50. The van der Waals surface area contributed by atoms with Crippen molar-refractivity contribution >= 4 is 11.8 Å². The molecule has 0 aromatic rings. The van der Waals surface area contributed by atoms with Crippen LogP contribution in [0.2, 0.25) is 0 Å². The molecule has 0 aliphatic carbocycles. The summed E-state index contributed by atoms with van der Waals surface area (Å²) in [6.45, 7) is 3.18. The predicted octanol–water partition coefficient (Wildman–Crippen LogP) is 0.774. The Kier molecular flexibility index (Phi) is 5.55. The van der Waals surface area contributed by atoms with Gasteiger partial charge in [0.25, 0.3) is 0 Å². The molecular weight excluding hydrogens is 216 g/mol. The summed E-state index contributed by atoms with van der Waals surface area (Å²) in [4.78, 5) is 24.9. The van der Waals surface area contributed by atoms with E-state index in [4.69, 9.17) is 6.42 Å². The van der Waals surface area contributed by atoms with Gasteiger partial charge in [0, 0.05) is 13.0 Å². The third-order valence-electron chi connectivity index (χ3n) is 3.23. The topological polar surface area (TPSA) is 49.4 Å². The Morgan fingerprint density at radius 3 is 3.00 bits per heavy atom. The van der Waals surface area contributed by atoms with Crippen molar-refractivity contribution in [3.63, 3.8) is 0 Å². The number of terminal acetylenes is 1. The Morgan fingerprint density at radius 1 is 1.59 bits per heavy atom. The third-order valence-corrected chi connectivity index (χ3v) is 3.23. The van der Waals surface area contributed by atoms with Crippen LogP contribution in [0.5, 0.6) is 0 Å². The fourth-order valence-electron chi connectivity index (χ4n) is 2.05. The molecule has 1 heterocycles. The van der Waals surface area contributed by atoms with Crippen LogP contribution in [0.1, 0.15) is 32.6 Å². The van der Waals surface area contributed by atoms with Gasteiger partial charge in [0.2, 0.25) is 11.8 Å². The van der Waals surface area contributed by atoms with Crippen LogP contribution in [0.25, 0.3) is 0 Å². The molecular formula is C13H20N2O2. The van der Waals surface area contributed by atoms with E-state index in [0.29, 0.717) is 18.9 Å². The number of hydrogen-bond donors (Lipinski definition) is 1. The lowest BCUT2D eigenvalue weighted by atomic mass is 9.98. The zero-order valence-electron chi connectivity index (χ0n) is 10.4. The number of amides is 2. The smallest absolute Gasteiger partial charge is 0.240 e. The van der Waals surface area contributed by atoms with E-state index in [2.05, 4.69) is 18.2 Å². The standard InChI is InChI=1S/C13H20N2O2/c1-3-8-14-12(16)10-15-9-7-11(4-2)5-6-13(15)17/h1,11H,4-10H2,2H3,(H,14,16). The van der Waals surface area contributed by atoms with Gasteiger partial charge in [-0.25, -0.2) is 0 Å². The fraction of sp³-hybridized carbons (Fsp3) is 0.692. The van der Waals surface area contributed by atoms with E-state index in [-0.39, 0.29) is 24.9 Å². The zero-order valence-corrected chi connectivity index (χ0v) is 10.4. The van der Waals surface area contributed by atoms with Gasteiger partial charge in [0.1, 0.15) is 0 Å². The van der Waals surface area contributed by atoms with Gasteiger partial charge in [0.05, 0.1) is 13.1 Å². The number of rotatable bonds is 4. The summed E-state index contributed by atoms with van der Waals surface area (Å²) < 4.78 is 0. The molecule has 1 aliphatic rings. The molecule has 0 aromatic heterocycles. The van der Waals surface area contributed by atoms with Gasteiger partial charge in [-0.3, -0.25) is 9.59 Å². The van der Waals surface area contributed by atoms with Crippen molar-refractivity contribution in [3.05, 3.63) is 0 Å². The molecule has 0 aromatic carbocycles. The summed E-state index contributed by atoms with van der Waals surface area (Å²) >= 11 is 0. The van der Waals surface area contributed by atoms with Gasteiger partial charge in [-0.1, -0.05) is 19.3 Å². The molecule has 2 amide bonds. The Bertz CT molecular complexity index is 320. The molecule has 1 rings (SSSR count). The second kappa shape index (κ2) is 6.95. The molecule has 0 radical (unpaired) electrons. The lowest BCUT2D eigenvalue weighted by molar-refractivity contribution is -0.135. The van der Waals surface area contributed by atoms with E-state index < -0.39 is 0 Å². The van der Waals surface area contributed by atoms with E-state index >= 15 is 0 Å². The molecule has 4 nitrogen and oxygen atoms in total. The predicted molar refractivity (Wildman–Crippen MR) is 66.1 cm³/mol. The molecule has 1 saturated heterocycles. The van der Waals surface area contributed by atoms with Gasteiger partial charge in [-0.15, -0.1) is 6.42 Å². The van der Waals surface area contributed by atoms with Crippen LogP contribution >= 0.6 is 0 Å². The molecule has 1 fully saturated rings. The van der Waals surface area contributed by atoms with Gasteiger partial charge < -0.3 is 10.2 Å². The number of carbonyl (C=O) groups excluding carboxylic acids is 2. The van der Waals surface area contributed by atoms with E-state index in [9.17, 15) is 9.59 Å². The van der Waals surface area contributed by atoms with Crippen molar-refractivity contribution in [2.24, 2.45) is 5.92 Å². The number of carbonyl (C=O) groups is 2. The first-order valence-electron chi connectivity index (χ1n) is 6.15. The van der Waals surface area contributed by atoms with Crippen LogP contribution in [0.4, 0.5) is 0 Å². The Labute approximate surface area is 103 Å². The van der Waals surface area contributed by atoms with Crippen LogP contribution in [-0.4, -0.2) is 36.3 Å². The maximum absolute atomic E-state index is 11.8. The molecule has 0 spiro atoms. The molecule has 0 saturated carbocycles. The normalized spacial score (nSPS) is 20.6. The average molecular weight is 236 g/mol. The number of nitrogens with zero attached hydrogens (tertiary/aromatic N) is 1. The highest BCUT2D eigenvalue weighted by atomic mass is 16.2. The molecule has 1 aliphatic heterocycles. The van der Waals surface area contributed by atoms with Gasteiger partial charge in [-0.05, 0) is 18.8 Å². The summed E-state index contributed by atoms with van der Waals surface area (Å²) in [5.41, 5.74) is 0. The molecule has 94 valence electrons. The Morgan fingerprint density at radius 2 is 2.35 bits per heavy atom. The Balaban J connectivity index is 2.44. The monoisotopic (exact) mass is 236 g/mol. The first-order valence-corrected chi connectivity index (χ1v) is 6.15. The van der Waals surface area contributed by atoms with Crippen molar-refractivity contribution < 1.29 is 9.59 Å². The maximum atomic E-state index is 11.8. The SMILES string of the molecule is C#CCNC(=O)CN1CCC(CC)CCC1=O. The van der Waals surface area contributed by atoms with Crippen LogP contribution in [-0.2, 0) is 9.59 Å². The fourth-order valence-corrected chi connectivity index (χ4v) is 2.05. The maximum Gasteiger partial charge on any atom is 0.240 e. The minimum atomic E-state index is -0.175. The van der Waals surface area contributed by atoms with Crippen LogP contribution in [0, 0.1) is 18.3 Å². The summed E-state index contributed by atoms with van der Waals surface area (Å²) in [7, 11) is 0. The third kappa shape index (κ3) is 4.48. The first-order chi connectivity index (χ1) is 8.17. The largest absolute Gasteiger partial charge is 0.344 e. The summed E-state index contributed by atoms with van der Waals surface area (Å²) in [6, 6.07) is 0. The van der Waals surface area contributed by atoms with E-state index in [1.54, 1.807) is 4.90 Å². The zero-order chi connectivity index (χ0) is 12.7. The minimum Gasteiger partial charge on any atom is -0.344 e. The lowest BCUT2D eigenvalue weighted by Gasteiger charge is -2.19. The molecule has 0 bridgehead atoms. The number of likely N-dealkylation sites (tertiary alicyclic amines) is 1. The minimum absolute atomic E-state index is 0.0804. The van der Waals surface area contributed by atoms with E-state index in [1.165, 1.54) is 0 Å². The summed E-state index contributed by atoms with van der Waals surface area (Å²) in [5, 5.41) is 2.58. The molecule has 17 heavy (non-hydrogen) atoms. The van der Waals surface area contributed by atoms with Crippen LogP contribution < -0.4 is 5.32 Å². The second-order valence-electron chi connectivity index (χ2n) is 4.40. The number of nitrogens with one attached hydrogen (secondary N) is 1. The van der Waals surface area contributed by atoms with E-state index in [1.807, 2.05) is 0 Å². The molecule has 4 heteroatoms. The van der Waals surface area contributed by atoms with Crippen molar-refractivity contribution in [3.8, 4) is 12.3 Å². The van der Waals surface area contributed by atoms with Gasteiger partial charge in [0.15, 0.2) is 0 Å². The molecule has 1 unspecified atom stereocenters. The highest BCUT2D eigenvalue weighted by molar-refractivity contribution is 5.85. The van der Waals surface area contributed by atoms with E-state index in [0.717, 1.165) is 19.3 Å².